The third kappa shape index (κ3) is 5.69. The molecule has 0 unspecified atom stereocenters. The van der Waals surface area contributed by atoms with Crippen molar-refractivity contribution in [3.63, 3.8) is 0 Å². The van der Waals surface area contributed by atoms with Crippen LogP contribution in [0.2, 0.25) is 0 Å². The van der Waals surface area contributed by atoms with Crippen LogP contribution in [0.25, 0.3) is 0 Å². The third-order valence-corrected chi connectivity index (χ3v) is 5.27. The summed E-state index contributed by atoms with van der Waals surface area (Å²) in [6.07, 6.45) is 0. The van der Waals surface area contributed by atoms with Crippen molar-refractivity contribution in [2.45, 2.75) is 6.04 Å². The molecule has 0 spiro atoms. The van der Waals surface area contributed by atoms with Gasteiger partial charge in [0, 0.05) is 25.2 Å². The third-order valence-electron chi connectivity index (χ3n) is 5.27. The topological polar surface area (TPSA) is 50.8 Å². The second kappa shape index (κ2) is 10.2. The fourth-order valence-electron chi connectivity index (χ4n) is 3.65. The van der Waals surface area contributed by atoms with Gasteiger partial charge >= 0.3 is 0 Å². The zero-order valence-electron chi connectivity index (χ0n) is 17.2. The quantitative estimate of drug-likeness (QED) is 0.615. The standard InChI is InChI=1S/C25H25FN2O3/c26-21-11-9-19(10-12-21)24(28-13-15-30-16-14-28)18-27-25(29)20-5-4-8-23(17-20)31-22-6-2-1-3-7-22/h1-12,17,24H,13-16,18H2,(H,27,29)/t24-/m1/s1. The van der Waals surface area contributed by atoms with Crippen LogP contribution in [-0.2, 0) is 4.74 Å². The Labute approximate surface area is 181 Å². The van der Waals surface area contributed by atoms with Crippen molar-refractivity contribution < 1.29 is 18.7 Å². The molecule has 160 valence electrons. The zero-order valence-corrected chi connectivity index (χ0v) is 17.2. The summed E-state index contributed by atoms with van der Waals surface area (Å²) in [6.45, 7) is 3.22. The van der Waals surface area contributed by atoms with Crippen molar-refractivity contribution in [3.8, 4) is 11.5 Å². The molecular weight excluding hydrogens is 395 g/mol. The van der Waals surface area contributed by atoms with Crippen LogP contribution in [0.15, 0.2) is 78.9 Å². The van der Waals surface area contributed by atoms with Crippen LogP contribution in [0.5, 0.6) is 11.5 Å². The molecule has 1 N–H and O–H groups in total. The molecule has 1 aliphatic heterocycles. The summed E-state index contributed by atoms with van der Waals surface area (Å²) in [6, 6.07) is 22.9. The maximum atomic E-state index is 13.4. The lowest BCUT2D eigenvalue weighted by atomic mass is 10.0. The van der Waals surface area contributed by atoms with E-state index in [-0.39, 0.29) is 17.8 Å². The number of ether oxygens (including phenoxy) is 2. The highest BCUT2D eigenvalue weighted by molar-refractivity contribution is 5.94. The van der Waals surface area contributed by atoms with Gasteiger partial charge in [-0.05, 0) is 48.0 Å². The molecule has 1 atom stereocenters. The Morgan fingerprint density at radius 2 is 1.68 bits per heavy atom. The molecule has 0 aromatic heterocycles. The van der Waals surface area contributed by atoms with Crippen LogP contribution in [0.4, 0.5) is 4.39 Å². The average Bonchev–Trinajstić information content (AvgIpc) is 2.82. The summed E-state index contributed by atoms with van der Waals surface area (Å²) in [5.74, 6) is 0.855. The zero-order chi connectivity index (χ0) is 21.5. The number of morpholine rings is 1. The van der Waals surface area contributed by atoms with Crippen LogP contribution in [0, 0.1) is 5.82 Å². The molecule has 1 heterocycles. The van der Waals surface area contributed by atoms with Crippen molar-refractivity contribution in [2.75, 3.05) is 32.8 Å². The SMILES string of the molecule is O=C(NC[C@H](c1ccc(F)cc1)N1CCOCC1)c1cccc(Oc2ccccc2)c1. The number of carbonyl (C=O) groups excluding carboxylic acids is 1. The van der Waals surface area contributed by atoms with Gasteiger partial charge in [-0.3, -0.25) is 9.69 Å². The van der Waals surface area contributed by atoms with Crippen LogP contribution >= 0.6 is 0 Å². The summed E-state index contributed by atoms with van der Waals surface area (Å²) in [4.78, 5) is 15.1. The number of nitrogens with one attached hydrogen (secondary N) is 1. The van der Waals surface area contributed by atoms with Gasteiger partial charge in [-0.2, -0.15) is 0 Å². The molecule has 0 bridgehead atoms. The van der Waals surface area contributed by atoms with E-state index in [2.05, 4.69) is 10.2 Å². The van der Waals surface area contributed by atoms with Gasteiger partial charge in [-0.15, -0.1) is 0 Å². The molecule has 5 nitrogen and oxygen atoms in total. The molecule has 6 heteroatoms. The van der Waals surface area contributed by atoms with Crippen molar-refractivity contribution in [1.82, 2.24) is 10.2 Å². The number of rotatable bonds is 7. The molecule has 0 radical (unpaired) electrons. The first-order valence-corrected chi connectivity index (χ1v) is 10.4. The Bertz CT molecular complexity index is 989. The fraction of sp³-hybridized carbons (Fsp3) is 0.240. The maximum Gasteiger partial charge on any atom is 0.251 e. The highest BCUT2D eigenvalue weighted by Crippen LogP contribution is 2.23. The van der Waals surface area contributed by atoms with Gasteiger partial charge < -0.3 is 14.8 Å². The average molecular weight is 420 g/mol. The van der Waals surface area contributed by atoms with Crippen LogP contribution in [-0.4, -0.2) is 43.7 Å². The summed E-state index contributed by atoms with van der Waals surface area (Å²) in [5, 5.41) is 3.03. The summed E-state index contributed by atoms with van der Waals surface area (Å²) >= 11 is 0. The van der Waals surface area contributed by atoms with E-state index in [1.54, 1.807) is 30.3 Å². The molecule has 3 aromatic carbocycles. The van der Waals surface area contributed by atoms with E-state index in [0.29, 0.717) is 36.8 Å². The highest BCUT2D eigenvalue weighted by atomic mass is 19.1. The van der Waals surface area contributed by atoms with Gasteiger partial charge in [-0.1, -0.05) is 36.4 Å². The minimum Gasteiger partial charge on any atom is -0.457 e. The predicted octanol–water partition coefficient (Wildman–Crippen LogP) is 4.42. The Kier molecular flexibility index (Phi) is 6.92. The number of benzene rings is 3. The molecule has 4 rings (SSSR count). The molecule has 0 aliphatic carbocycles. The van der Waals surface area contributed by atoms with E-state index < -0.39 is 0 Å². The number of hydrogen-bond donors (Lipinski definition) is 1. The number of hydrogen-bond acceptors (Lipinski definition) is 4. The van der Waals surface area contributed by atoms with Crippen molar-refractivity contribution in [3.05, 3.63) is 95.8 Å². The molecule has 1 fully saturated rings. The van der Waals surface area contributed by atoms with Crippen LogP contribution in [0.3, 0.4) is 0 Å². The number of para-hydroxylation sites is 1. The number of carbonyl (C=O) groups is 1. The Hall–Kier alpha value is -3.22. The molecule has 31 heavy (non-hydrogen) atoms. The molecule has 3 aromatic rings. The number of amides is 1. The second-order valence-electron chi connectivity index (χ2n) is 7.37. The van der Waals surface area contributed by atoms with Gasteiger partial charge in [0.1, 0.15) is 17.3 Å². The van der Waals surface area contributed by atoms with Gasteiger partial charge in [0.05, 0.1) is 19.3 Å². The fourth-order valence-corrected chi connectivity index (χ4v) is 3.65. The second-order valence-corrected chi connectivity index (χ2v) is 7.37. The lowest BCUT2D eigenvalue weighted by molar-refractivity contribution is 0.0162. The molecular formula is C25H25FN2O3. The van der Waals surface area contributed by atoms with Gasteiger partial charge in [0.15, 0.2) is 0 Å². The van der Waals surface area contributed by atoms with E-state index in [9.17, 15) is 9.18 Å². The minimum atomic E-state index is -0.274. The first-order chi connectivity index (χ1) is 15.2. The number of halogens is 1. The van der Waals surface area contributed by atoms with E-state index in [4.69, 9.17) is 9.47 Å². The largest absolute Gasteiger partial charge is 0.457 e. The smallest absolute Gasteiger partial charge is 0.251 e. The van der Waals surface area contributed by atoms with E-state index in [1.807, 2.05) is 36.4 Å². The Morgan fingerprint density at radius 3 is 2.42 bits per heavy atom. The first-order valence-electron chi connectivity index (χ1n) is 10.4. The summed E-state index contributed by atoms with van der Waals surface area (Å²) in [7, 11) is 0. The molecule has 1 amide bonds. The van der Waals surface area contributed by atoms with E-state index >= 15 is 0 Å². The molecule has 1 aliphatic rings. The van der Waals surface area contributed by atoms with Crippen molar-refractivity contribution >= 4 is 5.91 Å². The minimum absolute atomic E-state index is 0.0581. The van der Waals surface area contributed by atoms with Gasteiger partial charge in [0.2, 0.25) is 0 Å². The first kappa shape index (κ1) is 21.0. The van der Waals surface area contributed by atoms with Gasteiger partial charge in [-0.25, -0.2) is 4.39 Å². The molecule has 0 saturated carbocycles. The Morgan fingerprint density at radius 1 is 0.968 bits per heavy atom. The van der Waals surface area contributed by atoms with Crippen molar-refractivity contribution in [2.24, 2.45) is 0 Å². The normalized spacial score (nSPS) is 15.3. The Balaban J connectivity index is 1.45. The van der Waals surface area contributed by atoms with E-state index in [1.165, 1.54) is 12.1 Å². The summed E-state index contributed by atoms with van der Waals surface area (Å²) < 4.78 is 24.7. The predicted molar refractivity (Wildman–Crippen MR) is 117 cm³/mol. The lowest BCUT2D eigenvalue weighted by Crippen LogP contribution is -2.43. The number of nitrogens with zero attached hydrogens (tertiary/aromatic N) is 1. The van der Waals surface area contributed by atoms with Crippen molar-refractivity contribution in [1.29, 1.82) is 0 Å². The molecule has 1 saturated heterocycles. The van der Waals surface area contributed by atoms with Crippen LogP contribution < -0.4 is 10.1 Å². The van der Waals surface area contributed by atoms with E-state index in [0.717, 1.165) is 18.7 Å². The monoisotopic (exact) mass is 420 g/mol. The van der Waals surface area contributed by atoms with Crippen LogP contribution in [0.1, 0.15) is 22.0 Å². The summed E-state index contributed by atoms with van der Waals surface area (Å²) in [5.41, 5.74) is 1.48. The lowest BCUT2D eigenvalue weighted by Gasteiger charge is -2.35. The van der Waals surface area contributed by atoms with Gasteiger partial charge in [0.25, 0.3) is 5.91 Å². The highest BCUT2D eigenvalue weighted by Gasteiger charge is 2.23. The maximum absolute atomic E-state index is 13.4.